The molecule has 0 saturated heterocycles. The van der Waals surface area contributed by atoms with E-state index in [2.05, 4.69) is 74.6 Å². The fourth-order valence-electron chi connectivity index (χ4n) is 3.33. The van der Waals surface area contributed by atoms with Crippen LogP contribution in [0.2, 0.25) is 0 Å². The maximum Gasteiger partial charge on any atom is 0.191 e. The van der Waals surface area contributed by atoms with Crippen molar-refractivity contribution in [3.05, 3.63) is 83.4 Å². The summed E-state index contributed by atoms with van der Waals surface area (Å²) in [5, 5.41) is 6.73. The summed E-state index contributed by atoms with van der Waals surface area (Å²) in [6.45, 7) is 4.37. The zero-order chi connectivity index (χ0) is 21.2. The van der Waals surface area contributed by atoms with Crippen LogP contribution in [-0.4, -0.2) is 36.2 Å². The molecule has 6 nitrogen and oxygen atoms in total. The standard InChI is InChI=1S/C24H31N5O/c1-19-9-10-21(17-22(19)30-3)11-13-27-24(25-2)28-18-23-26-14-16-29(23)15-12-20-7-5-4-6-8-20/h4-10,14,16-17H,11-13,15,18H2,1-3H3,(H2,25,27,28). The number of ether oxygens (including phenoxy) is 1. The van der Waals surface area contributed by atoms with Crippen molar-refractivity contribution < 1.29 is 4.74 Å². The number of nitrogens with one attached hydrogen (secondary N) is 2. The van der Waals surface area contributed by atoms with E-state index in [1.165, 1.54) is 11.1 Å². The topological polar surface area (TPSA) is 63.5 Å². The second kappa shape index (κ2) is 11.0. The predicted molar refractivity (Wildman–Crippen MR) is 122 cm³/mol. The summed E-state index contributed by atoms with van der Waals surface area (Å²) in [6, 6.07) is 16.8. The first-order valence-corrected chi connectivity index (χ1v) is 10.3. The fourth-order valence-corrected chi connectivity index (χ4v) is 3.33. The van der Waals surface area contributed by atoms with Crippen LogP contribution in [-0.2, 0) is 25.9 Å². The van der Waals surface area contributed by atoms with Gasteiger partial charge in [0.15, 0.2) is 5.96 Å². The van der Waals surface area contributed by atoms with E-state index in [-0.39, 0.29) is 0 Å². The summed E-state index contributed by atoms with van der Waals surface area (Å²) in [6.07, 6.45) is 5.75. The third-order valence-electron chi connectivity index (χ3n) is 5.10. The second-order valence-electron chi connectivity index (χ2n) is 7.18. The number of benzene rings is 2. The molecule has 0 amide bonds. The van der Waals surface area contributed by atoms with E-state index in [0.717, 1.165) is 49.0 Å². The molecule has 2 aromatic carbocycles. The molecule has 3 rings (SSSR count). The summed E-state index contributed by atoms with van der Waals surface area (Å²) >= 11 is 0. The van der Waals surface area contributed by atoms with Crippen molar-refractivity contribution in [3.8, 4) is 5.75 Å². The predicted octanol–water partition coefficient (Wildman–Crippen LogP) is 3.35. The zero-order valence-electron chi connectivity index (χ0n) is 18.1. The number of hydrogen-bond donors (Lipinski definition) is 2. The van der Waals surface area contributed by atoms with Crippen molar-refractivity contribution in [1.82, 2.24) is 20.2 Å². The lowest BCUT2D eigenvalue weighted by Crippen LogP contribution is -2.38. The van der Waals surface area contributed by atoms with Gasteiger partial charge < -0.3 is 19.9 Å². The summed E-state index contributed by atoms with van der Waals surface area (Å²) in [7, 11) is 3.49. The first-order chi connectivity index (χ1) is 14.7. The molecule has 6 heteroatoms. The molecule has 0 atom stereocenters. The van der Waals surface area contributed by atoms with E-state index in [0.29, 0.717) is 6.54 Å². The molecule has 0 radical (unpaired) electrons. The first-order valence-electron chi connectivity index (χ1n) is 10.3. The van der Waals surface area contributed by atoms with Gasteiger partial charge in [0, 0.05) is 32.5 Å². The molecular formula is C24H31N5O. The van der Waals surface area contributed by atoms with Crippen LogP contribution in [0.25, 0.3) is 0 Å². The molecule has 0 aliphatic heterocycles. The van der Waals surface area contributed by atoms with E-state index >= 15 is 0 Å². The Balaban J connectivity index is 1.46. The van der Waals surface area contributed by atoms with Gasteiger partial charge in [-0.3, -0.25) is 4.99 Å². The van der Waals surface area contributed by atoms with Crippen molar-refractivity contribution in [3.63, 3.8) is 0 Å². The van der Waals surface area contributed by atoms with Gasteiger partial charge >= 0.3 is 0 Å². The number of aryl methyl sites for hydroxylation is 3. The SMILES string of the molecule is CN=C(NCCc1ccc(C)c(OC)c1)NCc1nccn1CCc1ccccc1. The zero-order valence-corrected chi connectivity index (χ0v) is 18.1. The molecule has 3 aromatic rings. The average Bonchev–Trinajstić information content (AvgIpc) is 3.23. The van der Waals surface area contributed by atoms with Crippen molar-refractivity contribution in [2.24, 2.45) is 4.99 Å². The normalized spacial score (nSPS) is 11.4. The summed E-state index contributed by atoms with van der Waals surface area (Å²) in [5.41, 5.74) is 3.71. The van der Waals surface area contributed by atoms with Crippen LogP contribution in [0, 0.1) is 6.92 Å². The lowest BCUT2D eigenvalue weighted by atomic mass is 10.1. The minimum absolute atomic E-state index is 0.625. The van der Waals surface area contributed by atoms with Crippen LogP contribution in [0.5, 0.6) is 5.75 Å². The summed E-state index contributed by atoms with van der Waals surface area (Å²) < 4.78 is 7.59. The third kappa shape index (κ3) is 6.11. The van der Waals surface area contributed by atoms with Gasteiger partial charge in [0.05, 0.1) is 13.7 Å². The number of aromatic nitrogens is 2. The first kappa shape index (κ1) is 21.4. The van der Waals surface area contributed by atoms with Gasteiger partial charge in [0.2, 0.25) is 0 Å². The third-order valence-corrected chi connectivity index (χ3v) is 5.10. The maximum absolute atomic E-state index is 5.41. The molecule has 158 valence electrons. The second-order valence-corrected chi connectivity index (χ2v) is 7.18. The largest absolute Gasteiger partial charge is 0.496 e. The lowest BCUT2D eigenvalue weighted by Gasteiger charge is -2.13. The van der Waals surface area contributed by atoms with Crippen molar-refractivity contribution in [2.45, 2.75) is 32.9 Å². The summed E-state index contributed by atoms with van der Waals surface area (Å²) in [4.78, 5) is 8.82. The number of nitrogens with zero attached hydrogens (tertiary/aromatic N) is 3. The molecule has 1 heterocycles. The quantitative estimate of drug-likeness (QED) is 0.423. The Kier molecular flexibility index (Phi) is 7.89. The van der Waals surface area contributed by atoms with Crippen molar-refractivity contribution in [1.29, 1.82) is 0 Å². The maximum atomic E-state index is 5.41. The van der Waals surface area contributed by atoms with E-state index in [1.54, 1.807) is 14.2 Å². The Morgan fingerprint density at radius 3 is 2.67 bits per heavy atom. The highest BCUT2D eigenvalue weighted by atomic mass is 16.5. The number of imidazole rings is 1. The van der Waals surface area contributed by atoms with Crippen molar-refractivity contribution in [2.75, 3.05) is 20.7 Å². The molecule has 30 heavy (non-hydrogen) atoms. The van der Waals surface area contributed by atoms with E-state index in [1.807, 2.05) is 18.5 Å². The van der Waals surface area contributed by atoms with Crippen LogP contribution in [0.4, 0.5) is 0 Å². The molecule has 0 fully saturated rings. The number of guanidine groups is 1. The van der Waals surface area contributed by atoms with Crippen LogP contribution in [0.15, 0.2) is 65.9 Å². The number of methoxy groups -OCH3 is 1. The van der Waals surface area contributed by atoms with Gasteiger partial charge in [0.1, 0.15) is 11.6 Å². The van der Waals surface area contributed by atoms with Gasteiger partial charge in [-0.2, -0.15) is 0 Å². The van der Waals surface area contributed by atoms with E-state index in [9.17, 15) is 0 Å². The van der Waals surface area contributed by atoms with Crippen LogP contribution >= 0.6 is 0 Å². The lowest BCUT2D eigenvalue weighted by molar-refractivity contribution is 0.411. The molecule has 0 bridgehead atoms. The Morgan fingerprint density at radius 2 is 1.90 bits per heavy atom. The van der Waals surface area contributed by atoms with Crippen molar-refractivity contribution >= 4 is 5.96 Å². The Hall–Kier alpha value is -3.28. The Labute approximate surface area is 179 Å². The monoisotopic (exact) mass is 405 g/mol. The van der Waals surface area contributed by atoms with Gasteiger partial charge in [-0.1, -0.05) is 42.5 Å². The number of aliphatic imine (C=N–C) groups is 1. The minimum Gasteiger partial charge on any atom is -0.496 e. The number of rotatable bonds is 9. The summed E-state index contributed by atoms with van der Waals surface area (Å²) in [5.74, 6) is 2.70. The molecular weight excluding hydrogens is 374 g/mol. The van der Waals surface area contributed by atoms with Crippen LogP contribution < -0.4 is 15.4 Å². The molecule has 1 aromatic heterocycles. The highest BCUT2D eigenvalue weighted by molar-refractivity contribution is 5.79. The molecule has 0 aliphatic carbocycles. The highest BCUT2D eigenvalue weighted by Gasteiger charge is 2.06. The van der Waals surface area contributed by atoms with Gasteiger partial charge in [0.25, 0.3) is 0 Å². The average molecular weight is 406 g/mol. The molecule has 0 saturated carbocycles. The van der Waals surface area contributed by atoms with Gasteiger partial charge in [-0.15, -0.1) is 0 Å². The smallest absolute Gasteiger partial charge is 0.191 e. The minimum atomic E-state index is 0.625. The Morgan fingerprint density at radius 1 is 1.07 bits per heavy atom. The molecule has 0 unspecified atom stereocenters. The molecule has 2 N–H and O–H groups in total. The van der Waals surface area contributed by atoms with E-state index < -0.39 is 0 Å². The van der Waals surface area contributed by atoms with Crippen LogP contribution in [0.1, 0.15) is 22.5 Å². The number of hydrogen-bond acceptors (Lipinski definition) is 3. The van der Waals surface area contributed by atoms with E-state index in [4.69, 9.17) is 4.74 Å². The fraction of sp³-hybridized carbons (Fsp3) is 0.333. The molecule has 0 aliphatic rings. The molecule has 0 spiro atoms. The highest BCUT2D eigenvalue weighted by Crippen LogP contribution is 2.19. The Bertz CT molecular complexity index is 949. The van der Waals surface area contributed by atoms with Gasteiger partial charge in [-0.25, -0.2) is 4.98 Å². The van der Waals surface area contributed by atoms with Crippen LogP contribution in [0.3, 0.4) is 0 Å². The van der Waals surface area contributed by atoms with Gasteiger partial charge in [-0.05, 0) is 42.5 Å².